The number of aromatic nitrogens is 3. The van der Waals surface area contributed by atoms with Gasteiger partial charge in [0.25, 0.3) is 0 Å². The third-order valence-electron chi connectivity index (χ3n) is 10.7. The van der Waals surface area contributed by atoms with E-state index in [9.17, 15) is 18.7 Å². The van der Waals surface area contributed by atoms with Crippen LogP contribution >= 0.6 is 0 Å². The number of phenols is 1. The van der Waals surface area contributed by atoms with Crippen molar-refractivity contribution in [1.29, 1.82) is 0 Å². The molecule has 4 aromatic rings. The first-order valence-electron chi connectivity index (χ1n) is 16.6. The van der Waals surface area contributed by atoms with Gasteiger partial charge in [0.05, 0.1) is 22.0 Å². The lowest BCUT2D eigenvalue weighted by Gasteiger charge is -2.42. The highest BCUT2D eigenvalue weighted by Crippen LogP contribution is 2.42. The molecule has 4 fully saturated rings. The first kappa shape index (κ1) is 31.6. The molecule has 10 nitrogen and oxygen atoms in total. The molecule has 0 spiro atoms. The lowest BCUT2D eigenvalue weighted by molar-refractivity contribution is -0.119. The summed E-state index contributed by atoms with van der Waals surface area (Å²) >= 11 is 0. The van der Waals surface area contributed by atoms with Gasteiger partial charge in [0.15, 0.2) is 5.82 Å². The number of rotatable bonds is 7. The van der Waals surface area contributed by atoms with Crippen LogP contribution in [-0.4, -0.2) is 93.5 Å². The van der Waals surface area contributed by atoms with Crippen molar-refractivity contribution in [3.05, 3.63) is 47.7 Å². The molecule has 1 amide bonds. The number of ether oxygens (including phenoxy) is 1. The van der Waals surface area contributed by atoms with Crippen LogP contribution in [0.5, 0.6) is 11.8 Å². The number of hydrogen-bond donors (Lipinski definition) is 3. The predicted octanol–water partition coefficient (Wildman–Crippen LogP) is 4.21. The molecule has 2 bridgehead atoms. The van der Waals surface area contributed by atoms with E-state index in [4.69, 9.17) is 16.1 Å². The number of terminal acetylenes is 1. The number of carbonyl (C=O) groups is 1. The zero-order valence-corrected chi connectivity index (χ0v) is 27.0. The second-order valence-corrected chi connectivity index (χ2v) is 14.0. The molecule has 6 heterocycles. The minimum Gasteiger partial charge on any atom is -0.508 e. The Balaban J connectivity index is 1.26. The smallest absolute Gasteiger partial charge is 0.319 e. The molecule has 4 aliphatic heterocycles. The average molecular weight is 672 g/mol. The number of nitrogens with one attached hydrogen (secondary N) is 2. The molecule has 254 valence electrons. The van der Waals surface area contributed by atoms with E-state index >= 15 is 4.39 Å². The van der Waals surface area contributed by atoms with Crippen molar-refractivity contribution in [2.45, 2.75) is 62.3 Å². The first-order valence-corrected chi connectivity index (χ1v) is 16.6. The highest BCUT2D eigenvalue weighted by Gasteiger charge is 2.50. The van der Waals surface area contributed by atoms with Gasteiger partial charge in [-0.15, -0.1) is 6.42 Å². The standard InChI is InChI=1S/C36H36F3N7O3/c1-3-25-28(38)6-5-21-11-24(48)12-26(29(21)25)31-30(39)32-27(14-40-31)33(45-16-23-7-9-35(18-45,44-23)17-41-20(2)47)43-34(42-32)49-19-36-8-4-10-46(36)15-22(37)13-36/h1,5-6,11-12,14,22-23,44,48H,4,7-10,13,15-19H2,2H3,(H,41,47)/t22-,23?,35?,36+/m1/s1. The van der Waals surface area contributed by atoms with Gasteiger partial charge in [0.1, 0.15) is 41.4 Å². The maximum absolute atomic E-state index is 17.0. The zero-order valence-electron chi connectivity index (χ0n) is 27.0. The van der Waals surface area contributed by atoms with Gasteiger partial charge >= 0.3 is 6.01 Å². The van der Waals surface area contributed by atoms with Crippen LogP contribution in [0.15, 0.2) is 30.5 Å². The summed E-state index contributed by atoms with van der Waals surface area (Å²) in [5.41, 5.74) is -1.11. The third kappa shape index (κ3) is 5.38. The molecule has 0 radical (unpaired) electrons. The molecule has 2 unspecified atom stereocenters. The molecule has 0 saturated carbocycles. The molecule has 3 N–H and O–H groups in total. The van der Waals surface area contributed by atoms with Crippen molar-refractivity contribution in [1.82, 2.24) is 30.5 Å². The summed E-state index contributed by atoms with van der Waals surface area (Å²) < 4.78 is 52.7. The van der Waals surface area contributed by atoms with Gasteiger partial charge in [0.2, 0.25) is 5.91 Å². The number of nitrogens with zero attached hydrogens (tertiary/aromatic N) is 5. The van der Waals surface area contributed by atoms with Crippen LogP contribution in [0.1, 0.15) is 44.6 Å². The molecule has 4 aliphatic rings. The summed E-state index contributed by atoms with van der Waals surface area (Å²) in [4.78, 5) is 29.9. The summed E-state index contributed by atoms with van der Waals surface area (Å²) in [5.74, 6) is 1.00. The molecule has 49 heavy (non-hydrogen) atoms. The van der Waals surface area contributed by atoms with Crippen LogP contribution in [0, 0.1) is 24.0 Å². The number of fused-ring (bicyclic) bond motifs is 5. The van der Waals surface area contributed by atoms with Gasteiger partial charge in [-0.05, 0) is 55.8 Å². The molecular weight excluding hydrogens is 635 g/mol. The Labute approximate surface area is 281 Å². The van der Waals surface area contributed by atoms with Crippen LogP contribution in [0.25, 0.3) is 32.9 Å². The lowest BCUT2D eigenvalue weighted by atomic mass is 9.95. The molecule has 8 rings (SSSR count). The van der Waals surface area contributed by atoms with E-state index in [1.54, 1.807) is 0 Å². The van der Waals surface area contributed by atoms with Crippen molar-refractivity contribution in [3.8, 4) is 35.4 Å². The number of amides is 1. The van der Waals surface area contributed by atoms with Crippen molar-refractivity contribution < 1.29 is 27.8 Å². The number of piperazine rings is 1. The van der Waals surface area contributed by atoms with E-state index < -0.39 is 28.9 Å². The van der Waals surface area contributed by atoms with E-state index in [2.05, 4.69) is 36.3 Å². The Hall–Kier alpha value is -4.67. The molecule has 2 aromatic heterocycles. The highest BCUT2D eigenvalue weighted by molar-refractivity contribution is 6.03. The van der Waals surface area contributed by atoms with Gasteiger partial charge in [-0.2, -0.15) is 9.97 Å². The maximum atomic E-state index is 17.0. The Morgan fingerprint density at radius 3 is 2.92 bits per heavy atom. The van der Waals surface area contributed by atoms with Crippen molar-refractivity contribution in [3.63, 3.8) is 0 Å². The number of alkyl halides is 1. The fourth-order valence-electron chi connectivity index (χ4n) is 8.55. The Bertz CT molecular complexity index is 2060. The fourth-order valence-corrected chi connectivity index (χ4v) is 8.55. The van der Waals surface area contributed by atoms with Gasteiger partial charge in [-0.3, -0.25) is 14.7 Å². The average Bonchev–Trinajstić information content (AvgIpc) is 3.71. The van der Waals surface area contributed by atoms with E-state index in [1.165, 1.54) is 37.4 Å². The van der Waals surface area contributed by atoms with Crippen molar-refractivity contribution in [2.75, 3.05) is 44.2 Å². The van der Waals surface area contributed by atoms with E-state index in [0.29, 0.717) is 49.2 Å². The van der Waals surface area contributed by atoms with Crippen LogP contribution in [0.2, 0.25) is 0 Å². The molecule has 4 atom stereocenters. The number of halogens is 3. The largest absolute Gasteiger partial charge is 0.508 e. The molecule has 4 saturated heterocycles. The van der Waals surface area contributed by atoms with Crippen molar-refractivity contribution >= 4 is 33.4 Å². The number of pyridine rings is 1. The van der Waals surface area contributed by atoms with Crippen LogP contribution in [0.3, 0.4) is 0 Å². The second-order valence-electron chi connectivity index (χ2n) is 14.0. The second kappa shape index (κ2) is 11.7. The number of benzene rings is 2. The van der Waals surface area contributed by atoms with Gasteiger partial charge in [-0.25, -0.2) is 13.2 Å². The van der Waals surface area contributed by atoms with Gasteiger partial charge < -0.3 is 25.4 Å². The first-order chi connectivity index (χ1) is 23.6. The monoisotopic (exact) mass is 671 g/mol. The SMILES string of the molecule is C#Cc1c(F)ccc2cc(O)cc(-c3ncc4c(N5CC6CCC(CNC(C)=O)(C5)N6)nc(OC[C@@]56CCCN5C[C@H](F)C6)nc4c3F)c12. The normalized spacial score (nSPS) is 26.3. The molecule has 2 aromatic carbocycles. The number of aromatic hydroxyl groups is 1. The quantitative estimate of drug-likeness (QED) is 0.249. The lowest BCUT2D eigenvalue weighted by Crippen LogP contribution is -2.64. The molecular formula is C36H36F3N7O3. The Kier molecular flexibility index (Phi) is 7.57. The summed E-state index contributed by atoms with van der Waals surface area (Å²) in [6, 6.07) is 5.45. The summed E-state index contributed by atoms with van der Waals surface area (Å²) in [5, 5.41) is 18.2. The Morgan fingerprint density at radius 2 is 2.10 bits per heavy atom. The topological polar surface area (TPSA) is 116 Å². The highest BCUT2D eigenvalue weighted by atomic mass is 19.1. The minimum absolute atomic E-state index is 0.0556. The number of carbonyl (C=O) groups excluding carboxylic acids is 1. The minimum atomic E-state index is -0.950. The van der Waals surface area contributed by atoms with Crippen molar-refractivity contribution in [2.24, 2.45) is 0 Å². The number of hydrogen-bond acceptors (Lipinski definition) is 9. The molecule has 0 aliphatic carbocycles. The van der Waals surface area contributed by atoms with E-state index in [0.717, 1.165) is 32.2 Å². The summed E-state index contributed by atoms with van der Waals surface area (Å²) in [6.07, 6.45) is 10.00. The Morgan fingerprint density at radius 1 is 1.24 bits per heavy atom. The third-order valence-corrected chi connectivity index (χ3v) is 10.7. The van der Waals surface area contributed by atoms with E-state index in [1.807, 2.05) is 0 Å². The predicted molar refractivity (Wildman–Crippen MR) is 178 cm³/mol. The zero-order chi connectivity index (χ0) is 34.1. The van der Waals surface area contributed by atoms with Crippen LogP contribution in [0.4, 0.5) is 19.0 Å². The number of phenolic OH excluding ortho intramolecular Hbond substituents is 1. The maximum Gasteiger partial charge on any atom is 0.319 e. The fraction of sp³-hybridized carbons (Fsp3) is 0.444. The number of anilines is 1. The van der Waals surface area contributed by atoms with Crippen LogP contribution in [-0.2, 0) is 4.79 Å². The summed E-state index contributed by atoms with van der Waals surface area (Å²) in [7, 11) is 0. The van der Waals surface area contributed by atoms with Gasteiger partial charge in [-0.1, -0.05) is 12.0 Å². The summed E-state index contributed by atoms with van der Waals surface area (Å²) in [6.45, 7) is 4.23. The van der Waals surface area contributed by atoms with E-state index in [-0.39, 0.29) is 58.0 Å². The molecule has 13 heteroatoms. The van der Waals surface area contributed by atoms with Crippen LogP contribution < -0.4 is 20.3 Å². The van der Waals surface area contributed by atoms with Gasteiger partial charge in [0, 0.05) is 62.7 Å².